The molecule has 2 rings (SSSR count). The van der Waals surface area contributed by atoms with Crippen LogP contribution in [0.2, 0.25) is 0 Å². The Morgan fingerprint density at radius 1 is 1.38 bits per heavy atom. The molecule has 0 fully saturated rings. The van der Waals surface area contributed by atoms with Crippen molar-refractivity contribution < 1.29 is 4.39 Å². The van der Waals surface area contributed by atoms with Gasteiger partial charge in [-0.15, -0.1) is 0 Å². The van der Waals surface area contributed by atoms with Gasteiger partial charge in [0.2, 0.25) is 0 Å². The number of H-pyrrole nitrogens is 1. The minimum atomic E-state index is -0.223. The van der Waals surface area contributed by atoms with E-state index in [1.54, 1.807) is 31.3 Å². The summed E-state index contributed by atoms with van der Waals surface area (Å²) in [5, 5.41) is 7.43. The Hall–Kier alpha value is -1.58. The number of anilines is 1. The third kappa shape index (κ3) is 1.24. The number of nitrogens with zero attached hydrogens (tertiary/aromatic N) is 2. The average molecular weight is 179 g/mol. The van der Waals surface area contributed by atoms with E-state index in [2.05, 4.69) is 10.2 Å². The van der Waals surface area contributed by atoms with Gasteiger partial charge in [0.15, 0.2) is 0 Å². The van der Waals surface area contributed by atoms with Crippen LogP contribution in [0, 0.1) is 5.82 Å². The molecule has 0 amide bonds. The molecule has 0 aliphatic heterocycles. The van der Waals surface area contributed by atoms with Crippen LogP contribution in [0.4, 0.5) is 10.1 Å². The highest BCUT2D eigenvalue weighted by Crippen LogP contribution is 2.22. The first-order valence-electron chi connectivity index (χ1n) is 3.98. The maximum absolute atomic E-state index is 13.4. The standard InChI is InChI=1S/C9H10FN3/c1-13(2)9-4-8-6(3-7(9)10)5-11-12-8/h3-5H,1-2H3,(H,11,12). The normalized spacial score (nSPS) is 10.7. The van der Waals surface area contributed by atoms with Crippen LogP contribution in [-0.4, -0.2) is 24.3 Å². The van der Waals surface area contributed by atoms with Crippen molar-refractivity contribution in [1.29, 1.82) is 0 Å². The molecule has 2 aromatic rings. The third-order valence-corrected chi connectivity index (χ3v) is 1.99. The van der Waals surface area contributed by atoms with Gasteiger partial charge in [-0.1, -0.05) is 0 Å². The van der Waals surface area contributed by atoms with Crippen molar-refractivity contribution in [1.82, 2.24) is 10.2 Å². The van der Waals surface area contributed by atoms with Crippen LogP contribution in [0.5, 0.6) is 0 Å². The van der Waals surface area contributed by atoms with Gasteiger partial charge in [-0.3, -0.25) is 5.10 Å². The van der Waals surface area contributed by atoms with Crippen LogP contribution >= 0.6 is 0 Å². The summed E-state index contributed by atoms with van der Waals surface area (Å²) in [6, 6.07) is 3.23. The minimum absolute atomic E-state index is 0.223. The monoisotopic (exact) mass is 179 g/mol. The Morgan fingerprint density at radius 2 is 2.15 bits per heavy atom. The Morgan fingerprint density at radius 3 is 2.85 bits per heavy atom. The number of hydrogen-bond acceptors (Lipinski definition) is 2. The van der Waals surface area contributed by atoms with Gasteiger partial charge in [0.25, 0.3) is 0 Å². The molecular weight excluding hydrogens is 169 g/mol. The summed E-state index contributed by atoms with van der Waals surface area (Å²) < 4.78 is 13.4. The smallest absolute Gasteiger partial charge is 0.147 e. The fourth-order valence-electron chi connectivity index (χ4n) is 1.29. The van der Waals surface area contributed by atoms with Gasteiger partial charge in [0.1, 0.15) is 5.82 Å². The Kier molecular flexibility index (Phi) is 1.69. The highest BCUT2D eigenvalue weighted by atomic mass is 19.1. The number of benzene rings is 1. The van der Waals surface area contributed by atoms with Crippen molar-refractivity contribution in [2.75, 3.05) is 19.0 Å². The first-order valence-corrected chi connectivity index (χ1v) is 3.98. The van der Waals surface area contributed by atoms with Crippen LogP contribution in [0.3, 0.4) is 0 Å². The quantitative estimate of drug-likeness (QED) is 0.723. The zero-order valence-electron chi connectivity index (χ0n) is 7.50. The second kappa shape index (κ2) is 2.73. The number of nitrogens with one attached hydrogen (secondary N) is 1. The molecule has 3 nitrogen and oxygen atoms in total. The van der Waals surface area contributed by atoms with E-state index in [9.17, 15) is 4.39 Å². The lowest BCUT2D eigenvalue weighted by atomic mass is 10.2. The predicted octanol–water partition coefficient (Wildman–Crippen LogP) is 1.77. The summed E-state index contributed by atoms with van der Waals surface area (Å²) in [6.07, 6.45) is 1.61. The number of rotatable bonds is 1. The number of fused-ring (bicyclic) bond motifs is 1. The molecule has 0 aliphatic carbocycles. The first-order chi connectivity index (χ1) is 6.18. The number of hydrogen-bond donors (Lipinski definition) is 1. The number of aromatic amines is 1. The van der Waals surface area contributed by atoms with E-state index in [0.29, 0.717) is 5.69 Å². The molecular formula is C9H10FN3. The Balaban J connectivity index is 2.69. The number of aromatic nitrogens is 2. The lowest BCUT2D eigenvalue weighted by Gasteiger charge is -2.12. The molecule has 4 heteroatoms. The summed E-state index contributed by atoms with van der Waals surface area (Å²) in [6.45, 7) is 0. The molecule has 1 aromatic carbocycles. The molecule has 0 bridgehead atoms. The highest BCUT2D eigenvalue weighted by Gasteiger charge is 2.06. The lowest BCUT2D eigenvalue weighted by Crippen LogP contribution is -2.10. The third-order valence-electron chi connectivity index (χ3n) is 1.99. The van der Waals surface area contributed by atoms with Gasteiger partial charge in [-0.05, 0) is 12.1 Å². The van der Waals surface area contributed by atoms with Crippen LogP contribution in [0.1, 0.15) is 0 Å². The minimum Gasteiger partial charge on any atom is -0.375 e. The van der Waals surface area contributed by atoms with Crippen LogP contribution in [0.25, 0.3) is 10.9 Å². The molecule has 13 heavy (non-hydrogen) atoms. The van der Waals surface area contributed by atoms with E-state index in [1.165, 1.54) is 6.07 Å². The van der Waals surface area contributed by atoms with Crippen LogP contribution in [0.15, 0.2) is 18.3 Å². The summed E-state index contributed by atoms with van der Waals surface area (Å²) in [4.78, 5) is 1.73. The fraction of sp³-hybridized carbons (Fsp3) is 0.222. The van der Waals surface area contributed by atoms with E-state index in [4.69, 9.17) is 0 Å². The second-order valence-corrected chi connectivity index (χ2v) is 3.16. The Bertz CT molecular complexity index is 433. The van der Waals surface area contributed by atoms with Crippen molar-refractivity contribution >= 4 is 16.6 Å². The van der Waals surface area contributed by atoms with Gasteiger partial charge < -0.3 is 4.90 Å². The molecule has 0 atom stereocenters. The summed E-state index contributed by atoms with van der Waals surface area (Å²) in [5.74, 6) is -0.223. The molecule has 0 saturated carbocycles. The molecule has 0 saturated heterocycles. The van der Waals surface area contributed by atoms with Gasteiger partial charge in [0.05, 0.1) is 17.4 Å². The van der Waals surface area contributed by atoms with Crippen molar-refractivity contribution in [3.05, 3.63) is 24.1 Å². The highest BCUT2D eigenvalue weighted by molar-refractivity contribution is 5.82. The fourth-order valence-corrected chi connectivity index (χ4v) is 1.29. The van der Waals surface area contributed by atoms with Gasteiger partial charge in [-0.25, -0.2) is 4.39 Å². The molecule has 0 spiro atoms. The maximum atomic E-state index is 13.4. The van der Waals surface area contributed by atoms with Crippen molar-refractivity contribution in [2.24, 2.45) is 0 Å². The summed E-state index contributed by atoms with van der Waals surface area (Å²) in [7, 11) is 3.61. The second-order valence-electron chi connectivity index (χ2n) is 3.16. The average Bonchev–Trinajstić information content (AvgIpc) is 2.48. The maximum Gasteiger partial charge on any atom is 0.147 e. The summed E-state index contributed by atoms with van der Waals surface area (Å²) >= 11 is 0. The van der Waals surface area contributed by atoms with Crippen LogP contribution < -0.4 is 4.90 Å². The van der Waals surface area contributed by atoms with E-state index in [-0.39, 0.29) is 5.82 Å². The van der Waals surface area contributed by atoms with Gasteiger partial charge in [-0.2, -0.15) is 5.10 Å². The van der Waals surface area contributed by atoms with Crippen molar-refractivity contribution in [3.63, 3.8) is 0 Å². The zero-order valence-corrected chi connectivity index (χ0v) is 7.50. The topological polar surface area (TPSA) is 31.9 Å². The van der Waals surface area contributed by atoms with Gasteiger partial charge in [0, 0.05) is 19.5 Å². The molecule has 1 aromatic heterocycles. The zero-order chi connectivity index (χ0) is 9.42. The van der Waals surface area contributed by atoms with E-state index >= 15 is 0 Å². The molecule has 68 valence electrons. The summed E-state index contributed by atoms with van der Waals surface area (Å²) in [5.41, 5.74) is 1.42. The van der Waals surface area contributed by atoms with Crippen LogP contribution in [-0.2, 0) is 0 Å². The van der Waals surface area contributed by atoms with Crippen molar-refractivity contribution in [3.8, 4) is 0 Å². The van der Waals surface area contributed by atoms with Gasteiger partial charge >= 0.3 is 0 Å². The van der Waals surface area contributed by atoms with E-state index < -0.39 is 0 Å². The predicted molar refractivity (Wildman–Crippen MR) is 50.4 cm³/mol. The molecule has 1 heterocycles. The van der Waals surface area contributed by atoms with E-state index in [0.717, 1.165) is 10.9 Å². The Labute approximate surface area is 75.2 Å². The number of halogens is 1. The largest absolute Gasteiger partial charge is 0.375 e. The van der Waals surface area contributed by atoms with Crippen molar-refractivity contribution in [2.45, 2.75) is 0 Å². The van der Waals surface area contributed by atoms with E-state index in [1.807, 2.05) is 0 Å². The lowest BCUT2D eigenvalue weighted by molar-refractivity contribution is 0.628. The molecule has 0 aliphatic rings. The SMILES string of the molecule is CN(C)c1cc2[nH]ncc2cc1F. The molecule has 0 unspecified atom stereocenters. The first kappa shape index (κ1) is 8.04. The molecule has 1 N–H and O–H groups in total. The molecule has 0 radical (unpaired) electrons.